The Morgan fingerprint density at radius 3 is 2.64 bits per heavy atom. The molecule has 1 saturated heterocycles. The van der Waals surface area contributed by atoms with Crippen molar-refractivity contribution in [3.8, 4) is 0 Å². The van der Waals surface area contributed by atoms with E-state index in [1.807, 2.05) is 25.1 Å². The molecule has 5 nitrogen and oxygen atoms in total. The smallest absolute Gasteiger partial charge is 0.279 e. The van der Waals surface area contributed by atoms with Gasteiger partial charge in [-0.15, -0.1) is 0 Å². The van der Waals surface area contributed by atoms with Crippen LogP contribution in [0, 0.1) is 5.92 Å². The summed E-state index contributed by atoms with van der Waals surface area (Å²) in [4.78, 5) is 2.33. The molecule has 0 saturated carbocycles. The monoisotopic (exact) mass is 325 g/mol. The lowest BCUT2D eigenvalue weighted by Gasteiger charge is -2.39. The zero-order chi connectivity index (χ0) is 16.2. The summed E-state index contributed by atoms with van der Waals surface area (Å²) in [6, 6.07) is 10.6. The number of nitrogens with one attached hydrogen (secondary N) is 1. The third kappa shape index (κ3) is 4.07. The highest BCUT2D eigenvalue weighted by Crippen LogP contribution is 2.34. The normalized spacial score (nSPS) is 23.8. The molecule has 1 heterocycles. The molecule has 124 valence electrons. The molecule has 1 aromatic carbocycles. The average Bonchev–Trinajstić information content (AvgIpc) is 2.53. The van der Waals surface area contributed by atoms with Crippen molar-refractivity contribution in [3.63, 3.8) is 0 Å². The first-order chi connectivity index (χ1) is 10.5. The molecule has 0 unspecified atom stereocenters. The van der Waals surface area contributed by atoms with Gasteiger partial charge in [0.05, 0.1) is 0 Å². The quantitative estimate of drug-likeness (QED) is 0.868. The van der Waals surface area contributed by atoms with Crippen molar-refractivity contribution in [1.29, 1.82) is 0 Å². The van der Waals surface area contributed by atoms with Crippen molar-refractivity contribution in [1.82, 2.24) is 13.9 Å². The van der Waals surface area contributed by atoms with Crippen LogP contribution in [0.25, 0.3) is 0 Å². The lowest BCUT2D eigenvalue weighted by molar-refractivity contribution is 0.123. The fourth-order valence-electron chi connectivity index (χ4n) is 3.14. The number of hydrogen-bond acceptors (Lipinski definition) is 3. The van der Waals surface area contributed by atoms with Gasteiger partial charge in [0.2, 0.25) is 0 Å². The van der Waals surface area contributed by atoms with Crippen LogP contribution in [0.2, 0.25) is 0 Å². The van der Waals surface area contributed by atoms with Crippen LogP contribution in [0.4, 0.5) is 0 Å². The maximum Gasteiger partial charge on any atom is 0.279 e. The summed E-state index contributed by atoms with van der Waals surface area (Å²) in [5, 5.41) is 0. The van der Waals surface area contributed by atoms with Crippen LogP contribution in [-0.4, -0.2) is 51.4 Å². The van der Waals surface area contributed by atoms with E-state index in [9.17, 15) is 8.42 Å². The summed E-state index contributed by atoms with van der Waals surface area (Å²) < 4.78 is 28.4. The molecule has 0 aliphatic carbocycles. The summed E-state index contributed by atoms with van der Waals surface area (Å²) in [6.07, 6.45) is 2.15. The van der Waals surface area contributed by atoms with Crippen molar-refractivity contribution in [2.24, 2.45) is 5.92 Å². The first-order valence-corrected chi connectivity index (χ1v) is 9.36. The summed E-state index contributed by atoms with van der Waals surface area (Å²) in [5.74, 6) is 0.293. The number of benzene rings is 1. The Morgan fingerprint density at radius 2 is 2.00 bits per heavy atom. The fraction of sp³-hybridized carbons (Fsp3) is 0.625. The minimum atomic E-state index is -3.37. The van der Waals surface area contributed by atoms with Gasteiger partial charge in [-0.05, 0) is 37.9 Å². The molecule has 1 N–H and O–H groups in total. The van der Waals surface area contributed by atoms with Crippen LogP contribution >= 0.6 is 0 Å². The highest BCUT2D eigenvalue weighted by atomic mass is 32.2. The number of piperidine rings is 1. The minimum absolute atomic E-state index is 0.268. The molecule has 2 atom stereocenters. The number of hydrogen-bond donors (Lipinski definition) is 1. The molecular weight excluding hydrogens is 298 g/mol. The van der Waals surface area contributed by atoms with Gasteiger partial charge < -0.3 is 0 Å². The Bertz CT molecular complexity index is 562. The molecular formula is C16H27N3O2S. The molecule has 0 amide bonds. The number of likely N-dealkylation sites (tertiary alicyclic amines) is 1. The predicted molar refractivity (Wildman–Crippen MR) is 89.8 cm³/mol. The zero-order valence-corrected chi connectivity index (χ0v) is 14.5. The molecule has 0 radical (unpaired) electrons. The largest absolute Gasteiger partial charge is 0.299 e. The summed E-state index contributed by atoms with van der Waals surface area (Å²) in [7, 11) is 0.355. The molecule has 1 aliphatic heterocycles. The van der Waals surface area contributed by atoms with E-state index in [1.165, 1.54) is 9.87 Å². The Morgan fingerprint density at radius 1 is 1.32 bits per heavy atom. The fourth-order valence-corrected chi connectivity index (χ4v) is 4.13. The maximum absolute atomic E-state index is 12.1. The highest BCUT2D eigenvalue weighted by molar-refractivity contribution is 7.87. The molecule has 0 aromatic heterocycles. The van der Waals surface area contributed by atoms with E-state index < -0.39 is 10.2 Å². The van der Waals surface area contributed by atoms with Gasteiger partial charge in [0, 0.05) is 26.2 Å². The minimum Gasteiger partial charge on any atom is -0.299 e. The third-order valence-electron chi connectivity index (χ3n) is 4.53. The van der Waals surface area contributed by atoms with E-state index in [0.29, 0.717) is 19.0 Å². The lowest BCUT2D eigenvalue weighted by Crippen LogP contribution is -2.45. The van der Waals surface area contributed by atoms with Crippen molar-refractivity contribution in [2.45, 2.75) is 25.8 Å². The van der Waals surface area contributed by atoms with E-state index in [2.05, 4.69) is 28.8 Å². The first kappa shape index (κ1) is 17.4. The topological polar surface area (TPSA) is 52.7 Å². The van der Waals surface area contributed by atoms with E-state index >= 15 is 0 Å². The molecule has 6 heteroatoms. The van der Waals surface area contributed by atoms with Crippen LogP contribution in [0.15, 0.2) is 30.3 Å². The van der Waals surface area contributed by atoms with Gasteiger partial charge in [0.25, 0.3) is 10.2 Å². The van der Waals surface area contributed by atoms with Crippen molar-refractivity contribution < 1.29 is 8.42 Å². The summed E-state index contributed by atoms with van der Waals surface area (Å²) >= 11 is 0. The van der Waals surface area contributed by atoms with Crippen LogP contribution in [0.5, 0.6) is 0 Å². The van der Waals surface area contributed by atoms with E-state index in [-0.39, 0.29) is 6.04 Å². The SMILES string of the molecule is CCN(C)S(=O)(=O)NC[C@H]1CCCN(C)[C@@H]1c1ccccc1. The highest BCUT2D eigenvalue weighted by Gasteiger charge is 2.31. The number of rotatable bonds is 6. The van der Waals surface area contributed by atoms with Gasteiger partial charge in [-0.2, -0.15) is 12.7 Å². The standard InChI is InChI=1S/C16H27N3O2S/c1-4-19(3)22(20,21)17-13-15-11-8-12-18(2)16(15)14-9-6-5-7-10-14/h5-7,9-10,15-17H,4,8,11-13H2,1-3H3/t15-,16-/m1/s1. The van der Waals surface area contributed by atoms with Crippen molar-refractivity contribution in [3.05, 3.63) is 35.9 Å². The summed E-state index contributed by atoms with van der Waals surface area (Å²) in [5.41, 5.74) is 1.26. The van der Waals surface area contributed by atoms with Gasteiger partial charge in [0.1, 0.15) is 0 Å². The van der Waals surface area contributed by atoms with E-state index in [0.717, 1.165) is 19.4 Å². The molecule has 0 spiro atoms. The van der Waals surface area contributed by atoms with Crippen molar-refractivity contribution >= 4 is 10.2 Å². The molecule has 2 rings (SSSR count). The molecule has 1 fully saturated rings. The lowest BCUT2D eigenvalue weighted by atomic mass is 9.85. The van der Waals surface area contributed by atoms with Crippen LogP contribution in [0.1, 0.15) is 31.4 Å². The molecule has 1 aliphatic rings. The van der Waals surface area contributed by atoms with Gasteiger partial charge >= 0.3 is 0 Å². The average molecular weight is 325 g/mol. The van der Waals surface area contributed by atoms with Crippen LogP contribution in [0.3, 0.4) is 0 Å². The molecule has 1 aromatic rings. The third-order valence-corrected chi connectivity index (χ3v) is 6.14. The Balaban J connectivity index is 2.11. The molecule has 22 heavy (non-hydrogen) atoms. The van der Waals surface area contributed by atoms with Crippen LogP contribution in [-0.2, 0) is 10.2 Å². The van der Waals surface area contributed by atoms with E-state index in [1.54, 1.807) is 7.05 Å². The zero-order valence-electron chi connectivity index (χ0n) is 13.7. The Labute approximate surface area is 134 Å². The first-order valence-electron chi connectivity index (χ1n) is 7.91. The van der Waals surface area contributed by atoms with Crippen molar-refractivity contribution in [2.75, 3.05) is 33.7 Å². The van der Waals surface area contributed by atoms with E-state index in [4.69, 9.17) is 0 Å². The maximum atomic E-state index is 12.1. The second kappa shape index (κ2) is 7.55. The Hall–Kier alpha value is -0.950. The van der Waals surface area contributed by atoms with Gasteiger partial charge in [-0.1, -0.05) is 37.3 Å². The second-order valence-corrected chi connectivity index (χ2v) is 7.87. The Kier molecular flexibility index (Phi) is 5.97. The van der Waals surface area contributed by atoms with Gasteiger partial charge in [-0.25, -0.2) is 4.72 Å². The summed E-state index contributed by atoms with van der Waals surface area (Å²) in [6.45, 7) is 3.84. The van der Waals surface area contributed by atoms with Gasteiger partial charge in [-0.3, -0.25) is 4.90 Å². The number of nitrogens with zero attached hydrogens (tertiary/aromatic N) is 2. The predicted octanol–water partition coefficient (Wildman–Crippen LogP) is 1.86. The van der Waals surface area contributed by atoms with Gasteiger partial charge in [0.15, 0.2) is 0 Å². The molecule has 0 bridgehead atoms. The van der Waals surface area contributed by atoms with Crippen LogP contribution < -0.4 is 4.72 Å². The second-order valence-electron chi connectivity index (χ2n) is 6.01.